The van der Waals surface area contributed by atoms with Crippen LogP contribution in [0.2, 0.25) is 0 Å². The predicted molar refractivity (Wildman–Crippen MR) is 96.0 cm³/mol. The standard InChI is InChI=1S/C19H23NO2S/c1-15(16-9-11-17(22-3)12-10-16)20(2)19(21)13-14-23-18-7-5-4-6-8-18/h4-12,15H,13-14H2,1-3H3. The highest BCUT2D eigenvalue weighted by Gasteiger charge is 2.17. The van der Waals surface area contributed by atoms with Crippen LogP contribution in [0.15, 0.2) is 59.5 Å². The molecule has 122 valence electrons. The van der Waals surface area contributed by atoms with E-state index in [4.69, 9.17) is 4.74 Å². The van der Waals surface area contributed by atoms with E-state index in [1.54, 1.807) is 18.9 Å². The number of carbonyl (C=O) groups excluding carboxylic acids is 1. The number of nitrogens with zero attached hydrogens (tertiary/aromatic N) is 1. The van der Waals surface area contributed by atoms with Gasteiger partial charge >= 0.3 is 0 Å². The molecule has 0 saturated carbocycles. The lowest BCUT2D eigenvalue weighted by atomic mass is 10.1. The molecule has 23 heavy (non-hydrogen) atoms. The minimum absolute atomic E-state index is 0.0510. The first kappa shape index (κ1) is 17.4. The average molecular weight is 329 g/mol. The van der Waals surface area contributed by atoms with Gasteiger partial charge in [-0.3, -0.25) is 4.79 Å². The zero-order valence-corrected chi connectivity index (χ0v) is 14.7. The van der Waals surface area contributed by atoms with E-state index in [9.17, 15) is 4.79 Å². The number of thioether (sulfide) groups is 1. The van der Waals surface area contributed by atoms with Gasteiger partial charge in [0.2, 0.25) is 5.91 Å². The van der Waals surface area contributed by atoms with Crippen LogP contribution in [0.5, 0.6) is 5.75 Å². The van der Waals surface area contributed by atoms with Crippen LogP contribution in [-0.2, 0) is 4.79 Å². The van der Waals surface area contributed by atoms with Crippen LogP contribution in [0.4, 0.5) is 0 Å². The van der Waals surface area contributed by atoms with Crippen LogP contribution < -0.4 is 4.74 Å². The largest absolute Gasteiger partial charge is 0.497 e. The summed E-state index contributed by atoms with van der Waals surface area (Å²) in [5.74, 6) is 1.79. The van der Waals surface area contributed by atoms with Gasteiger partial charge in [0.1, 0.15) is 5.75 Å². The van der Waals surface area contributed by atoms with Crippen LogP contribution in [0, 0.1) is 0 Å². The minimum atomic E-state index is 0.0510. The first-order valence-corrected chi connectivity index (χ1v) is 8.68. The van der Waals surface area contributed by atoms with Crippen molar-refractivity contribution < 1.29 is 9.53 Å². The van der Waals surface area contributed by atoms with Gasteiger partial charge in [-0.1, -0.05) is 30.3 Å². The van der Waals surface area contributed by atoms with Crippen LogP contribution >= 0.6 is 11.8 Å². The van der Waals surface area contributed by atoms with Crippen molar-refractivity contribution in [3.63, 3.8) is 0 Å². The van der Waals surface area contributed by atoms with E-state index < -0.39 is 0 Å². The van der Waals surface area contributed by atoms with Crippen molar-refractivity contribution in [1.29, 1.82) is 0 Å². The molecule has 0 fully saturated rings. The smallest absolute Gasteiger partial charge is 0.223 e. The van der Waals surface area contributed by atoms with E-state index in [1.807, 2.05) is 61.3 Å². The molecule has 0 spiro atoms. The summed E-state index contributed by atoms with van der Waals surface area (Å²) in [6, 6.07) is 18.1. The molecule has 0 radical (unpaired) electrons. The van der Waals surface area contributed by atoms with Gasteiger partial charge < -0.3 is 9.64 Å². The molecule has 0 aliphatic rings. The summed E-state index contributed by atoms with van der Waals surface area (Å²) in [5.41, 5.74) is 1.11. The molecule has 2 rings (SSSR count). The lowest BCUT2D eigenvalue weighted by molar-refractivity contribution is -0.131. The molecule has 0 N–H and O–H groups in total. The van der Waals surface area contributed by atoms with Crippen molar-refractivity contribution >= 4 is 17.7 Å². The van der Waals surface area contributed by atoms with Gasteiger partial charge in [-0.05, 0) is 36.8 Å². The van der Waals surface area contributed by atoms with Gasteiger partial charge in [-0.15, -0.1) is 11.8 Å². The van der Waals surface area contributed by atoms with E-state index in [0.717, 1.165) is 17.1 Å². The van der Waals surface area contributed by atoms with Crippen molar-refractivity contribution in [2.45, 2.75) is 24.3 Å². The normalized spacial score (nSPS) is 11.8. The first-order chi connectivity index (χ1) is 11.1. The third kappa shape index (κ3) is 5.03. The number of amides is 1. The molecular formula is C19H23NO2S. The summed E-state index contributed by atoms with van der Waals surface area (Å²) in [4.78, 5) is 15.4. The van der Waals surface area contributed by atoms with Crippen molar-refractivity contribution in [2.75, 3.05) is 19.9 Å². The van der Waals surface area contributed by atoms with Gasteiger partial charge in [-0.2, -0.15) is 0 Å². The van der Waals surface area contributed by atoms with Gasteiger partial charge in [-0.25, -0.2) is 0 Å². The molecule has 0 heterocycles. The SMILES string of the molecule is COc1ccc(C(C)N(C)C(=O)CCSc2ccccc2)cc1. The molecule has 4 heteroatoms. The molecule has 2 aromatic rings. The molecule has 1 amide bonds. The average Bonchev–Trinajstić information content (AvgIpc) is 2.61. The zero-order chi connectivity index (χ0) is 16.7. The zero-order valence-electron chi connectivity index (χ0n) is 13.9. The van der Waals surface area contributed by atoms with Crippen molar-refractivity contribution in [1.82, 2.24) is 4.90 Å². The van der Waals surface area contributed by atoms with Crippen LogP contribution in [0.25, 0.3) is 0 Å². The van der Waals surface area contributed by atoms with E-state index in [-0.39, 0.29) is 11.9 Å². The number of methoxy groups -OCH3 is 1. The number of hydrogen-bond donors (Lipinski definition) is 0. The molecule has 1 atom stereocenters. The molecule has 0 aliphatic heterocycles. The van der Waals surface area contributed by atoms with Crippen LogP contribution in [0.1, 0.15) is 24.9 Å². The molecule has 0 aliphatic carbocycles. The molecule has 0 bridgehead atoms. The quantitative estimate of drug-likeness (QED) is 0.705. The fraction of sp³-hybridized carbons (Fsp3) is 0.316. The maximum absolute atomic E-state index is 12.4. The van der Waals surface area contributed by atoms with Crippen molar-refractivity contribution in [2.24, 2.45) is 0 Å². The van der Waals surface area contributed by atoms with E-state index in [0.29, 0.717) is 6.42 Å². The second kappa shape index (κ2) is 8.63. The maximum atomic E-state index is 12.4. The topological polar surface area (TPSA) is 29.5 Å². The maximum Gasteiger partial charge on any atom is 0.223 e. The van der Waals surface area contributed by atoms with Gasteiger partial charge in [0, 0.05) is 24.1 Å². The molecule has 1 unspecified atom stereocenters. The van der Waals surface area contributed by atoms with Gasteiger partial charge in [0.15, 0.2) is 0 Å². The second-order valence-corrected chi connectivity index (χ2v) is 6.53. The van der Waals surface area contributed by atoms with Crippen LogP contribution in [0.3, 0.4) is 0 Å². The fourth-order valence-electron chi connectivity index (χ4n) is 2.27. The first-order valence-electron chi connectivity index (χ1n) is 7.69. The van der Waals surface area contributed by atoms with Crippen molar-refractivity contribution in [3.05, 3.63) is 60.2 Å². The molecule has 3 nitrogen and oxygen atoms in total. The summed E-state index contributed by atoms with van der Waals surface area (Å²) in [5, 5.41) is 0. The second-order valence-electron chi connectivity index (χ2n) is 5.37. The Kier molecular flexibility index (Phi) is 6.53. The number of carbonyl (C=O) groups is 1. The lowest BCUT2D eigenvalue weighted by Gasteiger charge is -2.25. The van der Waals surface area contributed by atoms with Gasteiger partial charge in [0.05, 0.1) is 13.2 Å². The number of rotatable bonds is 7. The Morgan fingerprint density at radius 1 is 1.13 bits per heavy atom. The summed E-state index contributed by atoms with van der Waals surface area (Å²) < 4.78 is 5.17. The van der Waals surface area contributed by atoms with E-state index in [1.165, 1.54) is 4.90 Å². The highest BCUT2D eigenvalue weighted by molar-refractivity contribution is 7.99. The summed E-state index contributed by atoms with van der Waals surface area (Å²) in [6.07, 6.45) is 0.538. The highest BCUT2D eigenvalue weighted by Crippen LogP contribution is 2.23. The minimum Gasteiger partial charge on any atom is -0.497 e. The molecule has 0 saturated heterocycles. The Morgan fingerprint density at radius 2 is 1.78 bits per heavy atom. The van der Waals surface area contributed by atoms with Crippen LogP contribution in [-0.4, -0.2) is 30.7 Å². The Labute approximate surface area is 142 Å². The Balaban J connectivity index is 1.85. The molecule has 2 aromatic carbocycles. The third-order valence-electron chi connectivity index (χ3n) is 3.90. The lowest BCUT2D eigenvalue weighted by Crippen LogP contribution is -2.29. The highest BCUT2D eigenvalue weighted by atomic mass is 32.2. The Bertz CT molecular complexity index is 613. The summed E-state index contributed by atoms with van der Waals surface area (Å²) in [7, 11) is 3.52. The molecular weight excluding hydrogens is 306 g/mol. The Morgan fingerprint density at radius 3 is 2.39 bits per heavy atom. The van der Waals surface area contributed by atoms with Gasteiger partial charge in [0.25, 0.3) is 0 Å². The number of benzene rings is 2. The monoisotopic (exact) mass is 329 g/mol. The Hall–Kier alpha value is -1.94. The predicted octanol–water partition coefficient (Wildman–Crippen LogP) is 4.40. The number of ether oxygens (including phenoxy) is 1. The van der Waals surface area contributed by atoms with E-state index in [2.05, 4.69) is 12.1 Å². The number of hydrogen-bond acceptors (Lipinski definition) is 3. The summed E-state index contributed by atoms with van der Waals surface area (Å²) >= 11 is 1.71. The summed E-state index contributed by atoms with van der Waals surface area (Å²) in [6.45, 7) is 2.05. The fourth-order valence-corrected chi connectivity index (χ4v) is 3.13. The molecule has 0 aromatic heterocycles. The van der Waals surface area contributed by atoms with E-state index >= 15 is 0 Å². The van der Waals surface area contributed by atoms with Crippen molar-refractivity contribution in [3.8, 4) is 5.75 Å². The third-order valence-corrected chi connectivity index (χ3v) is 4.91.